The maximum absolute atomic E-state index is 5.45. The average Bonchev–Trinajstić information content (AvgIpc) is 1.59. The number of benzene rings is 16. The first-order valence-electron chi connectivity index (χ1n) is 38.2. The Labute approximate surface area is 647 Å². The van der Waals surface area contributed by atoms with E-state index in [0.29, 0.717) is 34.9 Å². The van der Waals surface area contributed by atoms with Gasteiger partial charge in [0, 0.05) is 83.7 Å². The van der Waals surface area contributed by atoms with Gasteiger partial charge in [0.15, 0.2) is 34.9 Å². The number of aromatic nitrogens is 8. The van der Waals surface area contributed by atoms with E-state index in [1.807, 2.05) is 78.9 Å². The van der Waals surface area contributed by atoms with Gasteiger partial charge in [-0.25, -0.2) is 29.9 Å². The van der Waals surface area contributed by atoms with Crippen LogP contribution in [0.1, 0.15) is 45.2 Å². The SMILES string of the molecule is c1ccc(-c2nc(-c3cccc(-c4cccc5c6ccc(-c7ccc8c(c7)c7ccccc7n8-c7cccc(-c8nc(-c9ccccc9)nc(-c9ccccc9)n8)c7)cc6n(-c6ccccc6)c45)c3)nc(-c3cccc(C4c5ccccc5-c5cc(-c6ccc7c(c6)-c6ccccc6C7c6ccccc6)ccc54)c3)n2)cc1. The number of fused-ring (bicyclic) bond motifs is 12. The zero-order valence-electron chi connectivity index (χ0n) is 60.7. The molecule has 0 amide bonds. The van der Waals surface area contributed by atoms with Crippen LogP contribution < -0.4 is 0 Å². The van der Waals surface area contributed by atoms with Crippen LogP contribution in [0, 0.1) is 0 Å². The van der Waals surface area contributed by atoms with Crippen molar-refractivity contribution in [1.29, 1.82) is 0 Å². The van der Waals surface area contributed by atoms with Crippen molar-refractivity contribution < 1.29 is 0 Å². The second kappa shape index (κ2) is 26.5. The molecule has 0 aliphatic heterocycles. The van der Waals surface area contributed by atoms with Gasteiger partial charge in [-0.3, -0.25) is 0 Å². The molecule has 22 rings (SSSR count). The first kappa shape index (κ1) is 64.3. The van der Waals surface area contributed by atoms with Crippen LogP contribution in [-0.4, -0.2) is 39.0 Å². The highest BCUT2D eigenvalue weighted by Crippen LogP contribution is 2.53. The molecule has 0 saturated heterocycles. The first-order chi connectivity index (χ1) is 55.5. The standard InChI is InChI=1S/C104H66N8/c1-6-26-65(27-7-1)96-85-45-18-16-42-81(85)90-61-69(51-55-87(90)96)70-52-56-88-91(62-70)82-43-17-19-46-86(82)97(88)74-35-23-37-76(59-74)103-107-101(68-32-12-4-13-33-68)106-102(110-103)75-36-22-34-73(58-75)80-47-25-48-89-84-54-50-72(64-95(84)112(98(80)89)78-39-14-5-15-40-78)71-53-57-94-92(63-71)83-44-20-21-49-93(83)111(94)79-41-24-38-77(60-79)104-108-99(66-28-8-2-9-29-66)105-100(109-104)67-30-10-3-11-31-67/h1-64,96-97H. The third kappa shape index (κ3) is 10.9. The lowest BCUT2D eigenvalue weighted by atomic mass is 9.87. The summed E-state index contributed by atoms with van der Waals surface area (Å²) in [5.41, 5.74) is 31.7. The van der Waals surface area contributed by atoms with Crippen molar-refractivity contribution in [2.75, 3.05) is 0 Å². The predicted molar refractivity (Wildman–Crippen MR) is 456 cm³/mol. The molecule has 0 N–H and O–H groups in total. The fraction of sp³-hybridized carbons (Fsp3) is 0.0192. The van der Waals surface area contributed by atoms with Gasteiger partial charge in [0.25, 0.3) is 0 Å². The lowest BCUT2D eigenvalue weighted by Crippen LogP contribution is -2.02. The van der Waals surface area contributed by atoms with Crippen LogP contribution in [0.15, 0.2) is 388 Å². The van der Waals surface area contributed by atoms with E-state index in [-0.39, 0.29) is 11.8 Å². The quantitative estimate of drug-likeness (QED) is 0.114. The monoisotopic (exact) mass is 1430 g/mol. The van der Waals surface area contributed by atoms with E-state index >= 15 is 0 Å². The molecule has 4 heterocycles. The molecule has 2 aliphatic rings. The van der Waals surface area contributed by atoms with Crippen molar-refractivity contribution in [2.45, 2.75) is 11.8 Å². The number of rotatable bonds is 13. The number of hydrogen-bond acceptors (Lipinski definition) is 6. The van der Waals surface area contributed by atoms with Gasteiger partial charge in [0.2, 0.25) is 0 Å². The molecule has 0 radical (unpaired) electrons. The predicted octanol–water partition coefficient (Wildman–Crippen LogP) is 25.6. The minimum atomic E-state index is -0.00714. The van der Waals surface area contributed by atoms with Gasteiger partial charge in [-0.1, -0.05) is 315 Å². The lowest BCUT2D eigenvalue weighted by molar-refractivity contribution is 1.01. The molecule has 0 saturated carbocycles. The van der Waals surface area contributed by atoms with Gasteiger partial charge in [-0.05, 0) is 156 Å². The van der Waals surface area contributed by atoms with Crippen molar-refractivity contribution in [3.05, 3.63) is 422 Å². The van der Waals surface area contributed by atoms with E-state index in [0.717, 1.165) is 111 Å². The minimum absolute atomic E-state index is 0.00714. The fourth-order valence-corrected chi connectivity index (χ4v) is 17.6. The van der Waals surface area contributed by atoms with Crippen molar-refractivity contribution in [1.82, 2.24) is 39.0 Å². The molecule has 112 heavy (non-hydrogen) atoms. The molecule has 522 valence electrons. The molecule has 2 atom stereocenters. The molecule has 0 spiro atoms. The summed E-state index contributed by atoms with van der Waals surface area (Å²) >= 11 is 0. The molecule has 4 aromatic heterocycles. The van der Waals surface area contributed by atoms with E-state index in [1.54, 1.807) is 0 Å². The van der Waals surface area contributed by atoms with Crippen LogP contribution in [-0.2, 0) is 0 Å². The molecule has 0 fully saturated rings. The van der Waals surface area contributed by atoms with Crippen molar-refractivity contribution >= 4 is 43.6 Å². The van der Waals surface area contributed by atoms with Crippen LogP contribution in [0.2, 0.25) is 0 Å². The summed E-state index contributed by atoms with van der Waals surface area (Å²) in [6, 6.07) is 140. The van der Waals surface area contributed by atoms with Gasteiger partial charge >= 0.3 is 0 Å². The molecule has 8 nitrogen and oxygen atoms in total. The smallest absolute Gasteiger partial charge is 0.164 e. The van der Waals surface area contributed by atoms with E-state index in [2.05, 4.69) is 319 Å². The van der Waals surface area contributed by atoms with E-state index in [4.69, 9.17) is 29.9 Å². The third-order valence-electron chi connectivity index (χ3n) is 22.8. The maximum atomic E-state index is 5.45. The molecule has 8 heteroatoms. The van der Waals surface area contributed by atoms with Crippen LogP contribution in [0.4, 0.5) is 0 Å². The van der Waals surface area contributed by atoms with Crippen molar-refractivity contribution in [3.63, 3.8) is 0 Å². The molecule has 0 bridgehead atoms. The van der Waals surface area contributed by atoms with E-state index < -0.39 is 0 Å². The Kier molecular flexibility index (Phi) is 15.2. The fourth-order valence-electron chi connectivity index (χ4n) is 17.6. The Morgan fingerprint density at radius 3 is 1.18 bits per heavy atom. The van der Waals surface area contributed by atoms with E-state index in [1.165, 1.54) is 66.8 Å². The zero-order chi connectivity index (χ0) is 73.7. The summed E-state index contributed by atoms with van der Waals surface area (Å²) in [6.45, 7) is 0. The molecular weight excluding hydrogens is 1360 g/mol. The normalized spacial score (nSPS) is 13.4. The first-order valence-corrected chi connectivity index (χ1v) is 38.2. The third-order valence-corrected chi connectivity index (χ3v) is 22.8. The Morgan fingerprint density at radius 2 is 0.562 bits per heavy atom. The Bertz CT molecular complexity index is 7070. The van der Waals surface area contributed by atoms with Gasteiger partial charge in [0.05, 0.1) is 22.1 Å². The molecule has 2 aliphatic carbocycles. The Morgan fingerprint density at radius 1 is 0.179 bits per heavy atom. The van der Waals surface area contributed by atoms with Crippen LogP contribution in [0.5, 0.6) is 0 Å². The molecular formula is C104H66N8. The summed E-state index contributed by atoms with van der Waals surface area (Å²) in [5, 5.41) is 4.64. The van der Waals surface area contributed by atoms with Gasteiger partial charge in [0.1, 0.15) is 0 Å². The highest BCUT2D eigenvalue weighted by molar-refractivity contribution is 6.15. The Hall–Kier alpha value is -14.9. The average molecular weight is 1430 g/mol. The minimum Gasteiger partial charge on any atom is -0.309 e. The highest BCUT2D eigenvalue weighted by Gasteiger charge is 2.33. The second-order valence-corrected chi connectivity index (χ2v) is 29.2. The zero-order valence-corrected chi connectivity index (χ0v) is 60.7. The van der Waals surface area contributed by atoms with Gasteiger partial charge in [-0.2, -0.15) is 0 Å². The summed E-state index contributed by atoms with van der Waals surface area (Å²) < 4.78 is 4.81. The molecule has 16 aromatic carbocycles. The second-order valence-electron chi connectivity index (χ2n) is 29.2. The summed E-state index contributed by atoms with van der Waals surface area (Å²) in [4.78, 5) is 31.3. The van der Waals surface area contributed by atoms with Gasteiger partial charge in [-0.15, -0.1) is 0 Å². The maximum Gasteiger partial charge on any atom is 0.164 e. The van der Waals surface area contributed by atoms with Gasteiger partial charge < -0.3 is 9.13 Å². The summed E-state index contributed by atoms with van der Waals surface area (Å²) in [6.07, 6.45) is 0. The van der Waals surface area contributed by atoms with E-state index in [9.17, 15) is 0 Å². The van der Waals surface area contributed by atoms with Crippen LogP contribution in [0.3, 0.4) is 0 Å². The van der Waals surface area contributed by atoms with Crippen LogP contribution in [0.25, 0.3) is 179 Å². The lowest BCUT2D eigenvalue weighted by Gasteiger charge is -2.17. The summed E-state index contributed by atoms with van der Waals surface area (Å²) in [5.74, 6) is 3.86. The Balaban J connectivity index is 0.615. The van der Waals surface area contributed by atoms with Crippen molar-refractivity contribution in [3.8, 4) is 135 Å². The van der Waals surface area contributed by atoms with Crippen LogP contribution >= 0.6 is 0 Å². The largest absolute Gasteiger partial charge is 0.309 e. The summed E-state index contributed by atoms with van der Waals surface area (Å²) in [7, 11) is 0. The highest BCUT2D eigenvalue weighted by atomic mass is 15.0. The number of para-hydroxylation sites is 3. The molecule has 20 aromatic rings. The topological polar surface area (TPSA) is 87.2 Å². The number of nitrogens with zero attached hydrogens (tertiary/aromatic N) is 8. The molecule has 2 unspecified atom stereocenters. The van der Waals surface area contributed by atoms with Crippen molar-refractivity contribution in [2.24, 2.45) is 0 Å². The number of hydrogen-bond donors (Lipinski definition) is 0.